The van der Waals surface area contributed by atoms with Gasteiger partial charge in [-0.05, 0) is 24.1 Å². The number of allylic oxidation sites excluding steroid dienone is 2. The number of nitrogens with zero attached hydrogens (tertiary/aromatic N) is 1. The topological polar surface area (TPSA) is 100 Å². The molecule has 1 aliphatic carbocycles. The number of ketones is 1. The Morgan fingerprint density at radius 2 is 2.00 bits per heavy atom. The number of rotatable bonds is 1. The Morgan fingerprint density at radius 3 is 2.88 bits per heavy atom. The molecule has 0 spiro atoms. The second-order valence-corrected chi connectivity index (χ2v) is 6.25. The Hall–Kier alpha value is -3.00. The molecule has 0 fully saturated rings. The molecule has 0 radical (unpaired) electrons. The lowest BCUT2D eigenvalue weighted by molar-refractivity contribution is -0.115. The summed E-state index contributed by atoms with van der Waals surface area (Å²) in [6.07, 6.45) is 1.16. The van der Waals surface area contributed by atoms with Gasteiger partial charge in [0, 0.05) is 30.7 Å². The fraction of sp³-hybridized carbons (Fsp3) is 0.250. The van der Waals surface area contributed by atoms with E-state index in [2.05, 4.69) is 21.4 Å². The fourth-order valence-corrected chi connectivity index (χ4v) is 3.79. The van der Waals surface area contributed by atoms with E-state index in [4.69, 9.17) is 4.94 Å². The first kappa shape index (κ1) is 13.4. The van der Waals surface area contributed by atoms with E-state index in [0.29, 0.717) is 24.0 Å². The van der Waals surface area contributed by atoms with E-state index in [9.17, 15) is 9.59 Å². The molecule has 2 aliphatic heterocycles. The van der Waals surface area contributed by atoms with E-state index < -0.39 is 0 Å². The van der Waals surface area contributed by atoms with Gasteiger partial charge >= 0.3 is 0 Å². The maximum absolute atomic E-state index is 12.5. The number of nitrogens with one attached hydrogen (secondary N) is 4. The van der Waals surface area contributed by atoms with E-state index in [0.717, 1.165) is 28.5 Å². The number of hydrogen-bond donors (Lipinski definition) is 4. The number of aromatic amines is 1. The number of Topliss-reactive ketones (excluding diaryl/α,β-unsaturated/α-hetero) is 1. The van der Waals surface area contributed by atoms with Gasteiger partial charge in [-0.15, -0.1) is 0 Å². The van der Waals surface area contributed by atoms with Crippen LogP contribution in [-0.2, 0) is 16.8 Å². The first-order chi connectivity index (χ1) is 11.6. The minimum atomic E-state index is -0.371. The monoisotopic (exact) mass is 325 g/mol. The number of aryl methyl sites for hydroxylation is 1. The molecule has 2 aromatic rings. The first-order valence-electron chi connectivity index (χ1n) is 7.77. The van der Waals surface area contributed by atoms with Crippen LogP contribution in [0.4, 0.5) is 17.2 Å². The predicted molar refractivity (Wildman–Crippen MR) is 87.5 cm³/mol. The number of aromatic nitrogens is 2. The van der Waals surface area contributed by atoms with Crippen LogP contribution in [0.15, 0.2) is 34.3 Å². The quantitative estimate of drug-likeness (QED) is 0.635. The van der Waals surface area contributed by atoms with Crippen molar-refractivity contribution < 1.29 is 9.73 Å². The standard InChI is InChI=1S/C16H15N5O3/c1-21-15-14(16(23)18-21)12(13-9(17-15)4-5-11(13)22)7-2-3-8-10(6-7)20-24-19-8/h2-3,6,12,17,19-20H,4-5H2,1H3,(H,18,23). The summed E-state index contributed by atoms with van der Waals surface area (Å²) in [5.41, 5.74) is 10.0. The number of hydrogen-bond acceptors (Lipinski definition) is 6. The average molecular weight is 325 g/mol. The summed E-state index contributed by atoms with van der Waals surface area (Å²) in [5, 5.41) is 6.05. The summed E-state index contributed by atoms with van der Waals surface area (Å²) < 4.78 is 1.67. The van der Waals surface area contributed by atoms with Crippen LogP contribution in [0.2, 0.25) is 0 Å². The van der Waals surface area contributed by atoms with Crippen molar-refractivity contribution >= 4 is 23.0 Å². The number of anilines is 3. The summed E-state index contributed by atoms with van der Waals surface area (Å²) in [7, 11) is 1.79. The SMILES string of the molecule is Cn1[nH]c(=O)c2c1NC1=C(C(=O)CC1)C2c1ccc2c(c1)NON2. The van der Waals surface area contributed by atoms with Crippen molar-refractivity contribution in [2.75, 3.05) is 16.3 Å². The van der Waals surface area contributed by atoms with Crippen molar-refractivity contribution in [3.8, 4) is 0 Å². The largest absolute Gasteiger partial charge is 0.343 e. The zero-order chi connectivity index (χ0) is 16.4. The molecule has 24 heavy (non-hydrogen) atoms. The molecule has 1 atom stereocenters. The molecule has 0 saturated carbocycles. The number of H-pyrrole nitrogens is 1. The lowest BCUT2D eigenvalue weighted by atomic mass is 9.82. The molecule has 0 amide bonds. The second kappa shape index (κ2) is 4.51. The van der Waals surface area contributed by atoms with E-state index in [1.54, 1.807) is 11.7 Å². The van der Waals surface area contributed by atoms with Crippen LogP contribution in [0.25, 0.3) is 0 Å². The minimum absolute atomic E-state index is 0.0965. The Bertz CT molecular complexity index is 984. The lowest BCUT2D eigenvalue weighted by Gasteiger charge is -2.26. The lowest BCUT2D eigenvalue weighted by Crippen LogP contribution is -2.23. The molecular weight excluding hydrogens is 310 g/mol. The van der Waals surface area contributed by atoms with E-state index in [1.165, 1.54) is 0 Å². The summed E-state index contributed by atoms with van der Waals surface area (Å²) in [5.74, 6) is 0.449. The van der Waals surface area contributed by atoms with Crippen molar-refractivity contribution in [1.29, 1.82) is 0 Å². The summed E-state index contributed by atoms with van der Waals surface area (Å²) in [6, 6.07) is 5.71. The number of fused-ring (bicyclic) bond motifs is 2. The van der Waals surface area contributed by atoms with Gasteiger partial charge in [-0.3, -0.25) is 19.4 Å². The molecule has 5 rings (SSSR count). The van der Waals surface area contributed by atoms with Gasteiger partial charge in [-0.25, -0.2) is 11.0 Å². The normalized spacial score (nSPS) is 20.9. The van der Waals surface area contributed by atoms with Gasteiger partial charge in [0.05, 0.1) is 16.9 Å². The first-order valence-corrected chi connectivity index (χ1v) is 7.77. The van der Waals surface area contributed by atoms with E-state index >= 15 is 0 Å². The van der Waals surface area contributed by atoms with Crippen molar-refractivity contribution in [3.05, 3.63) is 50.9 Å². The fourth-order valence-electron chi connectivity index (χ4n) is 3.79. The molecule has 3 aliphatic rings. The number of carbonyl (C=O) groups is 1. The van der Waals surface area contributed by atoms with Crippen LogP contribution in [0.1, 0.15) is 29.9 Å². The Labute approximate surface area is 136 Å². The van der Waals surface area contributed by atoms with Gasteiger partial charge in [-0.2, -0.15) is 4.94 Å². The molecular formula is C16H15N5O3. The van der Waals surface area contributed by atoms with E-state index in [-0.39, 0.29) is 17.3 Å². The van der Waals surface area contributed by atoms with Crippen LogP contribution in [0.5, 0.6) is 0 Å². The minimum Gasteiger partial charge on any atom is -0.343 e. The highest BCUT2D eigenvalue weighted by molar-refractivity contribution is 6.02. The molecule has 4 N–H and O–H groups in total. The van der Waals surface area contributed by atoms with Crippen LogP contribution in [-0.4, -0.2) is 15.6 Å². The van der Waals surface area contributed by atoms with Crippen LogP contribution in [0.3, 0.4) is 0 Å². The smallest absolute Gasteiger partial charge is 0.270 e. The molecule has 0 bridgehead atoms. The average Bonchev–Trinajstić information content (AvgIpc) is 3.25. The van der Waals surface area contributed by atoms with Crippen molar-refractivity contribution in [1.82, 2.24) is 9.78 Å². The predicted octanol–water partition coefficient (Wildman–Crippen LogP) is 1.57. The van der Waals surface area contributed by atoms with Gasteiger partial charge in [0.15, 0.2) is 5.78 Å². The molecule has 3 heterocycles. The van der Waals surface area contributed by atoms with Gasteiger partial charge in [0.25, 0.3) is 5.56 Å². The van der Waals surface area contributed by atoms with Gasteiger partial charge in [0.1, 0.15) is 5.82 Å². The molecule has 8 heteroatoms. The van der Waals surface area contributed by atoms with Gasteiger partial charge < -0.3 is 5.32 Å². The Morgan fingerprint density at radius 1 is 1.17 bits per heavy atom. The van der Waals surface area contributed by atoms with Gasteiger partial charge in [0.2, 0.25) is 0 Å². The highest BCUT2D eigenvalue weighted by Crippen LogP contribution is 2.45. The van der Waals surface area contributed by atoms with E-state index in [1.807, 2.05) is 18.2 Å². The molecule has 1 aromatic heterocycles. The molecule has 1 aromatic carbocycles. The van der Waals surface area contributed by atoms with Crippen LogP contribution >= 0.6 is 0 Å². The summed E-state index contributed by atoms with van der Waals surface area (Å²) in [4.78, 5) is 30.0. The van der Waals surface area contributed by atoms with Crippen molar-refractivity contribution in [2.24, 2.45) is 7.05 Å². The zero-order valence-electron chi connectivity index (χ0n) is 12.9. The zero-order valence-corrected chi connectivity index (χ0v) is 12.9. The third kappa shape index (κ3) is 1.65. The Balaban J connectivity index is 1.76. The summed E-state index contributed by atoms with van der Waals surface area (Å²) >= 11 is 0. The van der Waals surface area contributed by atoms with Crippen molar-refractivity contribution in [2.45, 2.75) is 18.8 Å². The maximum atomic E-state index is 12.5. The maximum Gasteiger partial charge on any atom is 0.270 e. The molecule has 122 valence electrons. The second-order valence-electron chi connectivity index (χ2n) is 6.25. The van der Waals surface area contributed by atoms with Crippen LogP contribution in [0, 0.1) is 0 Å². The van der Waals surface area contributed by atoms with Crippen molar-refractivity contribution in [3.63, 3.8) is 0 Å². The van der Waals surface area contributed by atoms with Crippen LogP contribution < -0.4 is 21.8 Å². The molecule has 8 nitrogen and oxygen atoms in total. The number of benzene rings is 1. The highest BCUT2D eigenvalue weighted by atomic mass is 16.8. The number of carbonyl (C=O) groups excluding carboxylic acids is 1. The highest BCUT2D eigenvalue weighted by Gasteiger charge is 2.40. The van der Waals surface area contributed by atoms with Gasteiger partial charge in [-0.1, -0.05) is 6.07 Å². The molecule has 1 unspecified atom stereocenters. The summed E-state index contributed by atoms with van der Waals surface area (Å²) in [6.45, 7) is 0. The Kier molecular flexibility index (Phi) is 2.53. The third-order valence-corrected chi connectivity index (χ3v) is 4.88. The molecule has 0 saturated heterocycles. The third-order valence-electron chi connectivity index (χ3n) is 4.88.